The first-order valence-electron chi connectivity index (χ1n) is 21.5. The van der Waals surface area contributed by atoms with E-state index in [4.69, 9.17) is 28.8 Å². The van der Waals surface area contributed by atoms with E-state index in [0.717, 1.165) is 56.9 Å². The van der Waals surface area contributed by atoms with E-state index < -0.39 is 16.8 Å². The minimum Gasteiger partial charge on any atom is -0.481 e. The highest BCUT2D eigenvalue weighted by molar-refractivity contribution is 5.96. The van der Waals surface area contributed by atoms with Crippen LogP contribution >= 0.6 is 0 Å². The third kappa shape index (κ3) is 8.31. The maximum atomic E-state index is 14.9. The molecule has 10 atom stereocenters. The minimum absolute atomic E-state index is 0.0213. The summed E-state index contributed by atoms with van der Waals surface area (Å²) in [4.78, 5) is 52.5. The van der Waals surface area contributed by atoms with Gasteiger partial charge in [-0.2, -0.15) is 0 Å². The van der Waals surface area contributed by atoms with Crippen LogP contribution in [-0.4, -0.2) is 82.0 Å². The lowest BCUT2D eigenvalue weighted by atomic mass is 9.33. The van der Waals surface area contributed by atoms with Crippen molar-refractivity contribution < 1.29 is 48.0 Å². The van der Waals surface area contributed by atoms with Gasteiger partial charge in [0.1, 0.15) is 12.9 Å². The molecule has 0 unspecified atom stereocenters. The van der Waals surface area contributed by atoms with Crippen LogP contribution in [0.1, 0.15) is 111 Å². The number of hydrogen-bond donors (Lipinski definition) is 1. The molecule has 0 amide bonds. The normalized spacial score (nSPS) is 38.5. The van der Waals surface area contributed by atoms with Gasteiger partial charge >= 0.3 is 11.9 Å². The van der Waals surface area contributed by atoms with Gasteiger partial charge in [0.15, 0.2) is 5.78 Å². The predicted molar refractivity (Wildman–Crippen MR) is 215 cm³/mol. The number of aldehydes is 1. The highest BCUT2D eigenvalue weighted by Gasteiger charge is 2.70. The van der Waals surface area contributed by atoms with E-state index in [2.05, 4.69) is 41.5 Å². The Morgan fingerprint density at radius 3 is 2.07 bits per heavy atom. The Morgan fingerprint density at radius 1 is 0.789 bits per heavy atom. The van der Waals surface area contributed by atoms with E-state index in [0.29, 0.717) is 52.7 Å². The lowest BCUT2D eigenvalue weighted by Gasteiger charge is -2.70. The van der Waals surface area contributed by atoms with Gasteiger partial charge < -0.3 is 33.6 Å². The molecule has 0 aromatic heterocycles. The van der Waals surface area contributed by atoms with Gasteiger partial charge in [0.05, 0.1) is 64.7 Å². The second-order valence-electron chi connectivity index (χ2n) is 19.6. The van der Waals surface area contributed by atoms with E-state index in [1.165, 1.54) is 11.9 Å². The molecule has 5 aliphatic carbocycles. The van der Waals surface area contributed by atoms with E-state index in [1.54, 1.807) is 0 Å². The zero-order chi connectivity index (χ0) is 41.1. The Labute approximate surface area is 340 Å². The highest BCUT2D eigenvalue weighted by Crippen LogP contribution is 2.75. The summed E-state index contributed by atoms with van der Waals surface area (Å²) in [5.41, 5.74) is 0.279. The van der Waals surface area contributed by atoms with Crippen molar-refractivity contribution in [1.29, 1.82) is 0 Å². The standard InChI is InChI=1S/C47H68O10/c1-42-17-18-43(2,41(52)57-30-33-10-8-7-9-11-33)29-36(42)35-28-37(49)40-44(3)15-12-34(31-56-27-26-55-25-24-54-23-22-53-21-14-39(50)51)45(4,32-48)38(44)13-16-47(40,6)46(35,5)20-19-42/h7-11,28,32,34,36,38,40H,12-27,29-31H2,1-6H3,(H,50,51)/t34-,36+,38-,40-,42-,43+,44+,45-,46-,47-/m1/s1. The van der Waals surface area contributed by atoms with Crippen LogP contribution in [0.4, 0.5) is 0 Å². The fraction of sp³-hybridized carbons (Fsp3) is 0.745. The largest absolute Gasteiger partial charge is 0.481 e. The first-order valence-corrected chi connectivity index (χ1v) is 21.5. The van der Waals surface area contributed by atoms with Gasteiger partial charge in [-0.15, -0.1) is 0 Å². The number of allylic oxidation sites excluding steroid dienone is 2. The number of ketones is 1. The van der Waals surface area contributed by atoms with Crippen LogP contribution in [-0.2, 0) is 49.5 Å². The number of carboxylic acids is 1. The quantitative estimate of drug-likeness (QED) is 0.0884. The average molecular weight is 793 g/mol. The third-order valence-corrected chi connectivity index (χ3v) is 16.4. The fourth-order valence-electron chi connectivity index (χ4n) is 12.6. The maximum absolute atomic E-state index is 14.9. The van der Waals surface area contributed by atoms with Crippen molar-refractivity contribution in [2.75, 3.05) is 52.9 Å². The van der Waals surface area contributed by atoms with Crippen LogP contribution in [0.25, 0.3) is 0 Å². The van der Waals surface area contributed by atoms with E-state index in [9.17, 15) is 19.2 Å². The number of carbonyl (C=O) groups is 4. The molecule has 4 fully saturated rings. The van der Waals surface area contributed by atoms with Crippen molar-refractivity contribution in [3.05, 3.63) is 47.5 Å². The number of aliphatic carboxylic acids is 1. The summed E-state index contributed by atoms with van der Waals surface area (Å²) in [6.45, 7) is 17.0. The van der Waals surface area contributed by atoms with E-state index in [1.807, 2.05) is 36.4 Å². The van der Waals surface area contributed by atoms with Gasteiger partial charge in [-0.1, -0.05) is 70.5 Å². The summed E-state index contributed by atoms with van der Waals surface area (Å²) >= 11 is 0. The van der Waals surface area contributed by atoms with Gasteiger partial charge in [-0.05, 0) is 116 Å². The zero-order valence-corrected chi connectivity index (χ0v) is 35.4. The molecule has 1 aromatic carbocycles. The SMILES string of the molecule is C[C@]1(C(=O)OCc2ccccc2)CC[C@]2(C)CC[C@]3(C)C(=CC(=O)[C@@H]4[C@@]5(C)CC[C@H](COCCOCCOCCOCCC(=O)O)[C@@](C)(C=O)[C@@H]5CC[C@]43C)[C@@H]2C1. The van der Waals surface area contributed by atoms with Gasteiger partial charge in [0, 0.05) is 11.3 Å². The van der Waals surface area contributed by atoms with Crippen molar-refractivity contribution in [1.82, 2.24) is 0 Å². The average Bonchev–Trinajstić information content (AvgIpc) is 3.18. The lowest BCUT2D eigenvalue weighted by Crippen LogP contribution is -2.66. The molecular formula is C47H68O10. The van der Waals surface area contributed by atoms with E-state index >= 15 is 0 Å². The predicted octanol–water partition coefficient (Wildman–Crippen LogP) is 8.05. The Bertz CT molecular complexity index is 1640. The Hall–Kier alpha value is -2.92. The molecule has 4 saturated carbocycles. The Kier molecular flexibility index (Phi) is 13.3. The molecule has 0 saturated heterocycles. The summed E-state index contributed by atoms with van der Waals surface area (Å²) in [6.07, 6.45) is 11.2. The second kappa shape index (κ2) is 17.4. The second-order valence-corrected chi connectivity index (χ2v) is 19.6. The monoisotopic (exact) mass is 792 g/mol. The maximum Gasteiger partial charge on any atom is 0.312 e. The van der Waals surface area contributed by atoms with Crippen molar-refractivity contribution in [3.8, 4) is 0 Å². The minimum atomic E-state index is -0.884. The Morgan fingerprint density at radius 2 is 1.42 bits per heavy atom. The molecule has 0 heterocycles. The van der Waals surface area contributed by atoms with Crippen LogP contribution in [0.15, 0.2) is 42.0 Å². The third-order valence-electron chi connectivity index (χ3n) is 16.4. The number of carboxylic acid groups (broad SMARTS) is 1. The van der Waals surface area contributed by atoms with Crippen LogP contribution in [0.5, 0.6) is 0 Å². The molecule has 0 aliphatic heterocycles. The molecule has 0 spiro atoms. The molecule has 1 aromatic rings. The van der Waals surface area contributed by atoms with Crippen molar-refractivity contribution in [2.45, 2.75) is 112 Å². The van der Waals surface area contributed by atoms with Gasteiger partial charge in [-0.25, -0.2) is 0 Å². The molecule has 0 bridgehead atoms. The molecule has 10 nitrogen and oxygen atoms in total. The molecular weight excluding hydrogens is 725 g/mol. The smallest absolute Gasteiger partial charge is 0.312 e. The van der Waals surface area contributed by atoms with Gasteiger partial charge in [0.25, 0.3) is 0 Å². The zero-order valence-electron chi connectivity index (χ0n) is 35.4. The first-order chi connectivity index (χ1) is 27.1. The summed E-state index contributed by atoms with van der Waals surface area (Å²) in [7, 11) is 0. The van der Waals surface area contributed by atoms with Crippen molar-refractivity contribution in [3.63, 3.8) is 0 Å². The summed E-state index contributed by atoms with van der Waals surface area (Å²) in [5, 5.41) is 8.65. The molecule has 57 heavy (non-hydrogen) atoms. The van der Waals surface area contributed by atoms with Gasteiger partial charge in [-0.3, -0.25) is 14.4 Å². The Balaban J connectivity index is 1.09. The molecule has 10 heteroatoms. The number of rotatable bonds is 18. The number of benzene rings is 1. The van der Waals surface area contributed by atoms with Crippen LogP contribution in [0.2, 0.25) is 0 Å². The fourth-order valence-corrected chi connectivity index (χ4v) is 12.6. The number of carbonyl (C=O) groups excluding carboxylic acids is 3. The molecule has 0 radical (unpaired) electrons. The summed E-state index contributed by atoms with van der Waals surface area (Å²) < 4.78 is 28.5. The number of esters is 1. The molecule has 6 rings (SSSR count). The van der Waals surface area contributed by atoms with Crippen molar-refractivity contribution >= 4 is 24.0 Å². The van der Waals surface area contributed by atoms with Crippen LogP contribution in [0.3, 0.4) is 0 Å². The first kappa shape index (κ1) is 43.7. The number of fused-ring (bicyclic) bond motifs is 7. The van der Waals surface area contributed by atoms with Crippen LogP contribution < -0.4 is 0 Å². The molecule has 1 N–H and O–H groups in total. The molecule has 5 aliphatic rings. The lowest BCUT2D eigenvalue weighted by molar-refractivity contribution is -0.198. The number of ether oxygens (including phenoxy) is 5. The van der Waals surface area contributed by atoms with Crippen molar-refractivity contribution in [2.24, 2.45) is 56.2 Å². The van der Waals surface area contributed by atoms with Crippen LogP contribution in [0, 0.1) is 56.2 Å². The summed E-state index contributed by atoms with van der Waals surface area (Å²) in [5.74, 6) is -0.728. The highest BCUT2D eigenvalue weighted by atomic mass is 16.6. The van der Waals surface area contributed by atoms with E-state index in [-0.39, 0.29) is 76.7 Å². The number of hydrogen-bond acceptors (Lipinski definition) is 9. The summed E-state index contributed by atoms with van der Waals surface area (Å²) in [6, 6.07) is 9.85. The topological polar surface area (TPSA) is 135 Å². The van der Waals surface area contributed by atoms with Gasteiger partial charge in [0.2, 0.25) is 0 Å². The molecule has 316 valence electrons.